The van der Waals surface area contributed by atoms with E-state index < -0.39 is 0 Å². The number of allylic oxidation sites excluding steroid dienone is 1. The molecule has 3 rings (SSSR count). The molecular formula is C13H12N6S2. The van der Waals surface area contributed by atoms with Gasteiger partial charge in [0, 0.05) is 24.5 Å². The predicted octanol–water partition coefficient (Wildman–Crippen LogP) is 2.84. The Balaban J connectivity index is 1.98. The van der Waals surface area contributed by atoms with Crippen LogP contribution in [0.5, 0.6) is 0 Å². The highest BCUT2D eigenvalue weighted by Crippen LogP contribution is 2.30. The lowest BCUT2D eigenvalue weighted by atomic mass is 10.2. The summed E-state index contributed by atoms with van der Waals surface area (Å²) in [5, 5.41) is 9.32. The van der Waals surface area contributed by atoms with E-state index in [0.717, 1.165) is 26.7 Å². The van der Waals surface area contributed by atoms with Crippen LogP contribution >= 0.6 is 23.3 Å². The van der Waals surface area contributed by atoms with Crippen molar-refractivity contribution in [3.8, 4) is 11.4 Å². The van der Waals surface area contributed by atoms with Crippen molar-refractivity contribution < 1.29 is 0 Å². The van der Waals surface area contributed by atoms with Crippen molar-refractivity contribution in [1.29, 1.82) is 0 Å². The molecule has 0 aromatic carbocycles. The van der Waals surface area contributed by atoms with Crippen LogP contribution in [0.15, 0.2) is 46.7 Å². The van der Waals surface area contributed by atoms with Crippen LogP contribution in [0.2, 0.25) is 0 Å². The van der Waals surface area contributed by atoms with Crippen molar-refractivity contribution in [2.45, 2.75) is 23.0 Å². The van der Waals surface area contributed by atoms with Crippen molar-refractivity contribution in [2.24, 2.45) is 0 Å². The van der Waals surface area contributed by atoms with E-state index in [2.05, 4.69) is 31.1 Å². The van der Waals surface area contributed by atoms with E-state index in [1.54, 1.807) is 12.4 Å². The van der Waals surface area contributed by atoms with Gasteiger partial charge in [-0.05, 0) is 42.4 Å². The second-order valence-corrected chi connectivity index (χ2v) is 6.12. The van der Waals surface area contributed by atoms with Gasteiger partial charge in [-0.1, -0.05) is 6.08 Å². The van der Waals surface area contributed by atoms with E-state index in [4.69, 9.17) is 0 Å². The van der Waals surface area contributed by atoms with Gasteiger partial charge in [-0.3, -0.25) is 9.55 Å². The first-order valence-corrected chi connectivity index (χ1v) is 7.79. The third kappa shape index (κ3) is 3.01. The molecule has 0 saturated heterocycles. The molecule has 0 atom stereocenters. The average molecular weight is 316 g/mol. The molecule has 0 amide bonds. The molecule has 0 aliphatic heterocycles. The summed E-state index contributed by atoms with van der Waals surface area (Å²) in [6.07, 6.45) is 5.30. The Morgan fingerprint density at radius 1 is 1.33 bits per heavy atom. The van der Waals surface area contributed by atoms with E-state index in [1.807, 2.05) is 29.7 Å². The van der Waals surface area contributed by atoms with Crippen LogP contribution in [0.25, 0.3) is 11.4 Å². The fraction of sp³-hybridized carbons (Fsp3) is 0.154. The fourth-order valence-electron chi connectivity index (χ4n) is 1.77. The summed E-state index contributed by atoms with van der Waals surface area (Å²) in [5.41, 5.74) is 0.972. The molecule has 0 N–H and O–H groups in total. The summed E-state index contributed by atoms with van der Waals surface area (Å²) in [6, 6.07) is 3.82. The van der Waals surface area contributed by atoms with Crippen LogP contribution in [0.4, 0.5) is 0 Å². The molecule has 3 aromatic heterocycles. The van der Waals surface area contributed by atoms with Crippen LogP contribution in [0, 0.1) is 6.92 Å². The Morgan fingerprint density at radius 2 is 2.14 bits per heavy atom. The largest absolute Gasteiger partial charge is 0.298 e. The molecule has 3 heterocycles. The lowest BCUT2D eigenvalue weighted by molar-refractivity contribution is 0.731. The summed E-state index contributed by atoms with van der Waals surface area (Å²) < 4.78 is 7.03. The number of hydrogen-bond acceptors (Lipinski definition) is 7. The van der Waals surface area contributed by atoms with Gasteiger partial charge in [-0.15, -0.1) is 16.8 Å². The molecule has 106 valence electrons. The average Bonchev–Trinajstić information content (AvgIpc) is 3.08. The molecule has 0 saturated carbocycles. The van der Waals surface area contributed by atoms with Gasteiger partial charge in [0.05, 0.1) is 0 Å². The quantitative estimate of drug-likeness (QED) is 0.674. The summed E-state index contributed by atoms with van der Waals surface area (Å²) in [5.74, 6) is 1.56. The highest BCUT2D eigenvalue weighted by molar-refractivity contribution is 8.00. The maximum absolute atomic E-state index is 4.34. The Kier molecular flexibility index (Phi) is 4.07. The van der Waals surface area contributed by atoms with E-state index in [1.165, 1.54) is 23.3 Å². The standard InChI is InChI=1S/C13H12N6S2/c1-3-8-19-11(10-4-6-14-7-5-10)16-17-12(19)20-13-15-9(2)18-21-13/h3-7H,1,8H2,2H3. The lowest BCUT2D eigenvalue weighted by Gasteiger charge is -2.06. The van der Waals surface area contributed by atoms with Crippen LogP contribution < -0.4 is 0 Å². The van der Waals surface area contributed by atoms with Gasteiger partial charge in [-0.2, -0.15) is 4.37 Å². The third-order valence-electron chi connectivity index (χ3n) is 2.65. The van der Waals surface area contributed by atoms with Crippen LogP contribution in [-0.4, -0.2) is 29.1 Å². The second-order valence-electron chi connectivity index (χ2n) is 4.15. The number of pyridine rings is 1. The van der Waals surface area contributed by atoms with Crippen molar-refractivity contribution in [1.82, 2.24) is 29.1 Å². The molecule has 0 bridgehead atoms. The van der Waals surface area contributed by atoms with Crippen molar-refractivity contribution >= 4 is 23.3 Å². The van der Waals surface area contributed by atoms with E-state index >= 15 is 0 Å². The zero-order chi connectivity index (χ0) is 14.7. The number of rotatable bonds is 5. The molecule has 0 aliphatic carbocycles. The summed E-state index contributed by atoms with van der Waals surface area (Å²) in [4.78, 5) is 8.37. The summed E-state index contributed by atoms with van der Waals surface area (Å²) >= 11 is 2.82. The Bertz CT molecular complexity index is 749. The number of hydrogen-bond donors (Lipinski definition) is 0. The Labute approximate surface area is 130 Å². The van der Waals surface area contributed by atoms with Crippen LogP contribution in [-0.2, 0) is 6.54 Å². The Hall–Kier alpha value is -2.06. The Morgan fingerprint density at radius 3 is 2.81 bits per heavy atom. The molecule has 21 heavy (non-hydrogen) atoms. The molecule has 0 radical (unpaired) electrons. The van der Waals surface area contributed by atoms with Crippen molar-refractivity contribution in [3.63, 3.8) is 0 Å². The smallest absolute Gasteiger partial charge is 0.198 e. The number of aromatic nitrogens is 6. The fourth-order valence-corrected chi connectivity index (χ4v) is 3.37. The molecular weight excluding hydrogens is 304 g/mol. The molecule has 6 nitrogen and oxygen atoms in total. The minimum Gasteiger partial charge on any atom is -0.298 e. The van der Waals surface area contributed by atoms with Crippen molar-refractivity contribution in [2.75, 3.05) is 0 Å². The van der Waals surface area contributed by atoms with Gasteiger partial charge >= 0.3 is 0 Å². The van der Waals surface area contributed by atoms with Gasteiger partial charge in [0.15, 0.2) is 15.3 Å². The normalized spacial score (nSPS) is 10.7. The summed E-state index contributed by atoms with van der Waals surface area (Å²) in [7, 11) is 0. The van der Waals surface area contributed by atoms with E-state index in [0.29, 0.717) is 6.54 Å². The highest BCUT2D eigenvalue weighted by atomic mass is 32.2. The zero-order valence-electron chi connectivity index (χ0n) is 11.3. The van der Waals surface area contributed by atoms with Crippen LogP contribution in [0.3, 0.4) is 0 Å². The molecule has 0 aliphatic rings. The van der Waals surface area contributed by atoms with Gasteiger partial charge in [0.1, 0.15) is 5.82 Å². The maximum atomic E-state index is 4.34. The zero-order valence-corrected chi connectivity index (χ0v) is 12.9. The number of aryl methyl sites for hydroxylation is 1. The second kappa shape index (κ2) is 6.15. The highest BCUT2D eigenvalue weighted by Gasteiger charge is 2.15. The minimum absolute atomic E-state index is 0.630. The topological polar surface area (TPSA) is 69.4 Å². The van der Waals surface area contributed by atoms with Gasteiger partial charge in [-0.25, -0.2) is 4.98 Å². The van der Waals surface area contributed by atoms with E-state index in [-0.39, 0.29) is 0 Å². The van der Waals surface area contributed by atoms with Crippen molar-refractivity contribution in [3.05, 3.63) is 43.0 Å². The first kappa shape index (κ1) is 13.9. The first-order chi connectivity index (χ1) is 10.3. The lowest BCUT2D eigenvalue weighted by Crippen LogP contribution is -2.00. The molecule has 3 aromatic rings. The predicted molar refractivity (Wildman–Crippen MR) is 82.2 cm³/mol. The third-order valence-corrected chi connectivity index (χ3v) is 4.48. The van der Waals surface area contributed by atoms with Gasteiger partial charge < -0.3 is 0 Å². The molecule has 8 heteroatoms. The number of nitrogens with zero attached hydrogens (tertiary/aromatic N) is 6. The monoisotopic (exact) mass is 316 g/mol. The summed E-state index contributed by atoms with van der Waals surface area (Å²) in [6.45, 7) is 6.30. The molecule has 0 fully saturated rings. The van der Waals surface area contributed by atoms with E-state index in [9.17, 15) is 0 Å². The van der Waals surface area contributed by atoms with Gasteiger partial charge in [0.2, 0.25) is 0 Å². The first-order valence-electron chi connectivity index (χ1n) is 6.20. The van der Waals surface area contributed by atoms with Crippen LogP contribution in [0.1, 0.15) is 5.82 Å². The maximum Gasteiger partial charge on any atom is 0.198 e. The minimum atomic E-state index is 0.630. The molecule has 0 spiro atoms. The van der Waals surface area contributed by atoms with Gasteiger partial charge in [0.25, 0.3) is 0 Å². The molecule has 0 unspecified atom stereocenters. The SMILES string of the molecule is C=CCn1c(Sc2nc(C)ns2)nnc1-c1ccncc1.